The summed E-state index contributed by atoms with van der Waals surface area (Å²) in [4.78, 5) is 14.5. The lowest BCUT2D eigenvalue weighted by Gasteiger charge is -2.10. The largest absolute Gasteiger partial charge is 0.352 e. The van der Waals surface area contributed by atoms with Crippen LogP contribution in [0.1, 0.15) is 42.4 Å². The molecule has 1 atom stereocenters. The molecule has 1 saturated heterocycles. The molecule has 22 heavy (non-hydrogen) atoms. The average Bonchev–Trinajstić information content (AvgIpc) is 3.09. The number of fused-ring (bicyclic) bond motifs is 1. The van der Waals surface area contributed by atoms with Gasteiger partial charge in [-0.25, -0.2) is 0 Å². The molecule has 0 spiro atoms. The maximum absolute atomic E-state index is 12.2. The number of amides is 1. The van der Waals surface area contributed by atoms with Crippen LogP contribution in [-0.4, -0.2) is 52.1 Å². The van der Waals surface area contributed by atoms with Gasteiger partial charge in [0, 0.05) is 25.2 Å². The predicted octanol–water partition coefficient (Wildman–Crippen LogP) is 1.53. The molecule has 1 N–H and O–H groups in total. The van der Waals surface area contributed by atoms with Gasteiger partial charge in [0.15, 0.2) is 5.65 Å². The van der Waals surface area contributed by atoms with E-state index in [2.05, 4.69) is 41.3 Å². The standard InChI is InChI=1S/C16H23N5O/c1-11(2)8-17-16(22)13-4-5-14-18-19-15(21(14)10-13)12-6-7-20(3)9-12/h4-5,10-12H,6-9H2,1-3H3,(H,17,22). The van der Waals surface area contributed by atoms with Gasteiger partial charge in [0.1, 0.15) is 5.82 Å². The highest BCUT2D eigenvalue weighted by atomic mass is 16.1. The molecule has 0 bridgehead atoms. The second-order valence-corrected chi connectivity index (χ2v) is 6.56. The Kier molecular flexibility index (Phi) is 4.11. The minimum Gasteiger partial charge on any atom is -0.352 e. The van der Waals surface area contributed by atoms with Crippen LogP contribution < -0.4 is 5.32 Å². The van der Waals surface area contributed by atoms with Gasteiger partial charge < -0.3 is 10.2 Å². The maximum Gasteiger partial charge on any atom is 0.252 e. The summed E-state index contributed by atoms with van der Waals surface area (Å²) in [5, 5.41) is 11.5. The topological polar surface area (TPSA) is 62.5 Å². The van der Waals surface area contributed by atoms with Crippen molar-refractivity contribution in [2.24, 2.45) is 5.92 Å². The van der Waals surface area contributed by atoms with Crippen LogP contribution in [0.3, 0.4) is 0 Å². The summed E-state index contributed by atoms with van der Waals surface area (Å²) in [5.41, 5.74) is 1.45. The molecule has 118 valence electrons. The fourth-order valence-corrected chi connectivity index (χ4v) is 2.87. The summed E-state index contributed by atoms with van der Waals surface area (Å²) in [6.45, 7) is 6.91. The third-order valence-electron chi connectivity index (χ3n) is 4.12. The molecule has 6 nitrogen and oxygen atoms in total. The average molecular weight is 301 g/mol. The third kappa shape index (κ3) is 2.97. The maximum atomic E-state index is 12.2. The molecule has 0 radical (unpaired) electrons. The van der Waals surface area contributed by atoms with E-state index in [-0.39, 0.29) is 5.91 Å². The molecule has 1 fully saturated rings. The van der Waals surface area contributed by atoms with Crippen LogP contribution in [0.2, 0.25) is 0 Å². The number of aromatic nitrogens is 3. The van der Waals surface area contributed by atoms with Gasteiger partial charge in [0.05, 0.1) is 5.56 Å². The van der Waals surface area contributed by atoms with Gasteiger partial charge in [-0.3, -0.25) is 9.20 Å². The van der Waals surface area contributed by atoms with Crippen LogP contribution >= 0.6 is 0 Å². The van der Waals surface area contributed by atoms with Crippen molar-refractivity contribution in [3.63, 3.8) is 0 Å². The van der Waals surface area contributed by atoms with E-state index in [1.165, 1.54) is 0 Å². The van der Waals surface area contributed by atoms with Crippen molar-refractivity contribution in [3.8, 4) is 0 Å². The highest BCUT2D eigenvalue weighted by molar-refractivity contribution is 5.94. The minimum absolute atomic E-state index is 0.0428. The lowest BCUT2D eigenvalue weighted by molar-refractivity contribution is 0.0948. The van der Waals surface area contributed by atoms with Crippen LogP contribution in [0.4, 0.5) is 0 Å². The lowest BCUT2D eigenvalue weighted by atomic mass is 10.1. The van der Waals surface area contributed by atoms with Crippen molar-refractivity contribution in [2.45, 2.75) is 26.2 Å². The van der Waals surface area contributed by atoms with Crippen LogP contribution in [0, 0.1) is 5.92 Å². The number of hydrogen-bond acceptors (Lipinski definition) is 4. The number of likely N-dealkylation sites (tertiary alicyclic amines) is 1. The monoisotopic (exact) mass is 301 g/mol. The molecule has 0 aliphatic carbocycles. The summed E-state index contributed by atoms with van der Waals surface area (Å²) in [6, 6.07) is 3.67. The van der Waals surface area contributed by atoms with Crippen molar-refractivity contribution in [2.75, 3.05) is 26.7 Å². The number of pyridine rings is 1. The van der Waals surface area contributed by atoms with Gasteiger partial charge in [0.2, 0.25) is 0 Å². The smallest absolute Gasteiger partial charge is 0.252 e. The van der Waals surface area contributed by atoms with Crippen LogP contribution in [0.25, 0.3) is 5.65 Å². The number of carbonyl (C=O) groups is 1. The minimum atomic E-state index is -0.0428. The zero-order valence-electron chi connectivity index (χ0n) is 13.4. The second kappa shape index (κ2) is 6.04. The summed E-state index contributed by atoms with van der Waals surface area (Å²) in [5.74, 6) is 1.73. The predicted molar refractivity (Wildman–Crippen MR) is 85.0 cm³/mol. The van der Waals surface area contributed by atoms with Crippen molar-refractivity contribution < 1.29 is 4.79 Å². The Morgan fingerprint density at radius 3 is 2.91 bits per heavy atom. The summed E-state index contributed by atoms with van der Waals surface area (Å²) in [7, 11) is 2.12. The van der Waals surface area contributed by atoms with E-state index in [4.69, 9.17) is 0 Å². The van der Waals surface area contributed by atoms with Crippen molar-refractivity contribution >= 4 is 11.6 Å². The fraction of sp³-hybridized carbons (Fsp3) is 0.562. The molecule has 0 aromatic carbocycles. The summed E-state index contributed by atoms with van der Waals surface area (Å²) >= 11 is 0. The molecular weight excluding hydrogens is 278 g/mol. The Balaban J connectivity index is 1.86. The SMILES string of the molecule is CC(C)CNC(=O)c1ccc2nnc(C3CCN(C)C3)n2c1. The molecule has 2 aromatic heterocycles. The van der Waals surface area contributed by atoms with E-state index >= 15 is 0 Å². The molecule has 2 aromatic rings. The first-order valence-corrected chi connectivity index (χ1v) is 7.86. The summed E-state index contributed by atoms with van der Waals surface area (Å²) < 4.78 is 1.97. The normalized spacial score (nSPS) is 19.2. The first kappa shape index (κ1) is 15.0. The zero-order chi connectivity index (χ0) is 15.7. The Hall–Kier alpha value is -1.95. The number of hydrogen-bond donors (Lipinski definition) is 1. The number of nitrogens with zero attached hydrogens (tertiary/aromatic N) is 4. The molecule has 1 unspecified atom stereocenters. The first-order chi connectivity index (χ1) is 10.5. The molecule has 3 rings (SSSR count). The van der Waals surface area contributed by atoms with Gasteiger partial charge in [-0.1, -0.05) is 13.8 Å². The van der Waals surface area contributed by atoms with Crippen LogP contribution in [0.15, 0.2) is 18.3 Å². The Labute approximate surface area is 130 Å². The molecular formula is C16H23N5O. The molecule has 6 heteroatoms. The molecule has 1 aliphatic rings. The summed E-state index contributed by atoms with van der Waals surface area (Å²) in [6.07, 6.45) is 2.94. The molecule has 1 aliphatic heterocycles. The molecule has 3 heterocycles. The first-order valence-electron chi connectivity index (χ1n) is 7.86. The number of nitrogens with one attached hydrogen (secondary N) is 1. The Morgan fingerprint density at radius 1 is 1.41 bits per heavy atom. The van der Waals surface area contributed by atoms with Gasteiger partial charge in [-0.05, 0) is 38.1 Å². The number of likely N-dealkylation sites (N-methyl/N-ethyl adjacent to an activating group) is 1. The molecule has 1 amide bonds. The van der Waals surface area contributed by atoms with E-state index in [0.29, 0.717) is 23.9 Å². The Bertz CT molecular complexity index is 678. The fourth-order valence-electron chi connectivity index (χ4n) is 2.87. The number of carbonyl (C=O) groups excluding carboxylic acids is 1. The van der Waals surface area contributed by atoms with Gasteiger partial charge >= 0.3 is 0 Å². The van der Waals surface area contributed by atoms with Crippen molar-refractivity contribution in [3.05, 3.63) is 29.7 Å². The van der Waals surface area contributed by atoms with E-state index in [1.807, 2.05) is 22.7 Å². The number of rotatable bonds is 4. The lowest BCUT2D eigenvalue weighted by Crippen LogP contribution is -2.27. The van der Waals surface area contributed by atoms with E-state index in [0.717, 1.165) is 31.0 Å². The second-order valence-electron chi connectivity index (χ2n) is 6.56. The van der Waals surface area contributed by atoms with Crippen molar-refractivity contribution in [1.29, 1.82) is 0 Å². The van der Waals surface area contributed by atoms with Gasteiger partial charge in [-0.2, -0.15) is 0 Å². The van der Waals surface area contributed by atoms with Gasteiger partial charge in [-0.15, -0.1) is 10.2 Å². The molecule has 0 saturated carbocycles. The van der Waals surface area contributed by atoms with Crippen LogP contribution in [-0.2, 0) is 0 Å². The van der Waals surface area contributed by atoms with Gasteiger partial charge in [0.25, 0.3) is 5.91 Å². The third-order valence-corrected chi connectivity index (χ3v) is 4.12. The highest BCUT2D eigenvalue weighted by Gasteiger charge is 2.25. The van der Waals surface area contributed by atoms with Crippen molar-refractivity contribution in [1.82, 2.24) is 24.8 Å². The Morgan fingerprint density at radius 2 is 2.23 bits per heavy atom. The van der Waals surface area contributed by atoms with E-state index in [9.17, 15) is 4.79 Å². The zero-order valence-corrected chi connectivity index (χ0v) is 13.4. The highest BCUT2D eigenvalue weighted by Crippen LogP contribution is 2.25. The van der Waals surface area contributed by atoms with Crippen LogP contribution in [0.5, 0.6) is 0 Å². The quantitative estimate of drug-likeness (QED) is 0.930. The van der Waals surface area contributed by atoms with E-state index in [1.54, 1.807) is 0 Å². The van der Waals surface area contributed by atoms with E-state index < -0.39 is 0 Å².